The second-order valence-corrected chi connectivity index (χ2v) is 6.27. The Labute approximate surface area is 108 Å². The number of aromatic nitrogens is 1. The molecule has 18 heavy (non-hydrogen) atoms. The molecule has 0 spiro atoms. The fourth-order valence-corrected chi connectivity index (χ4v) is 2.80. The highest BCUT2D eigenvalue weighted by Crippen LogP contribution is 2.51. The Kier molecular flexibility index (Phi) is 2.65. The van der Waals surface area contributed by atoms with Crippen LogP contribution in [0.2, 0.25) is 0 Å². The third kappa shape index (κ3) is 2.14. The van der Waals surface area contributed by atoms with Crippen molar-refractivity contribution in [3.05, 3.63) is 29.1 Å². The number of carbonyl (C=O) groups is 1. The lowest BCUT2D eigenvalue weighted by molar-refractivity contribution is -0.123. The van der Waals surface area contributed by atoms with E-state index in [9.17, 15) is 4.79 Å². The molecule has 1 N–H and O–H groups in total. The van der Waals surface area contributed by atoms with Crippen LogP contribution in [0.1, 0.15) is 43.5 Å². The standard InChI is InChI=1S/C15H20N2O/c1-15(2)7-12(15)14(18)17-9-10-6-11-4-3-5-13(11)16-8-10/h6,8,12H,3-5,7,9H2,1-2H3,(H,17,18). The summed E-state index contributed by atoms with van der Waals surface area (Å²) in [6.07, 6.45) is 6.39. The molecule has 3 nitrogen and oxygen atoms in total. The maximum absolute atomic E-state index is 11.9. The topological polar surface area (TPSA) is 42.0 Å². The number of rotatable bonds is 3. The Morgan fingerprint density at radius 3 is 3.00 bits per heavy atom. The molecule has 0 radical (unpaired) electrons. The molecular weight excluding hydrogens is 224 g/mol. The predicted molar refractivity (Wildman–Crippen MR) is 70.0 cm³/mol. The number of hydrogen-bond donors (Lipinski definition) is 1. The predicted octanol–water partition coefficient (Wildman–Crippen LogP) is 2.23. The van der Waals surface area contributed by atoms with Crippen LogP contribution < -0.4 is 5.32 Å². The molecule has 0 bridgehead atoms. The zero-order valence-corrected chi connectivity index (χ0v) is 11.1. The number of fused-ring (bicyclic) bond motifs is 1. The summed E-state index contributed by atoms with van der Waals surface area (Å²) in [6, 6.07) is 2.20. The Balaban J connectivity index is 1.59. The molecule has 1 atom stereocenters. The lowest BCUT2D eigenvalue weighted by Gasteiger charge is -2.07. The Bertz CT molecular complexity index is 493. The van der Waals surface area contributed by atoms with Gasteiger partial charge >= 0.3 is 0 Å². The molecule has 0 saturated heterocycles. The van der Waals surface area contributed by atoms with Crippen molar-refractivity contribution >= 4 is 5.91 Å². The average Bonchev–Trinajstić information content (AvgIpc) is 2.77. The zero-order valence-electron chi connectivity index (χ0n) is 11.1. The maximum atomic E-state index is 11.9. The van der Waals surface area contributed by atoms with Crippen molar-refractivity contribution in [2.45, 2.75) is 46.1 Å². The first kappa shape index (κ1) is 11.7. The minimum Gasteiger partial charge on any atom is -0.352 e. The van der Waals surface area contributed by atoms with Gasteiger partial charge in [-0.1, -0.05) is 19.9 Å². The van der Waals surface area contributed by atoms with Crippen LogP contribution in [0.15, 0.2) is 12.3 Å². The second kappa shape index (κ2) is 4.08. The van der Waals surface area contributed by atoms with Gasteiger partial charge in [-0.25, -0.2) is 0 Å². The summed E-state index contributed by atoms with van der Waals surface area (Å²) in [4.78, 5) is 16.4. The number of hydrogen-bond acceptors (Lipinski definition) is 2. The molecule has 1 amide bonds. The summed E-state index contributed by atoms with van der Waals surface area (Å²) in [6.45, 7) is 4.91. The van der Waals surface area contributed by atoms with Crippen molar-refractivity contribution in [1.82, 2.24) is 10.3 Å². The number of aryl methyl sites for hydroxylation is 2. The Morgan fingerprint density at radius 2 is 2.28 bits per heavy atom. The number of nitrogens with zero attached hydrogens (tertiary/aromatic N) is 1. The van der Waals surface area contributed by atoms with Crippen LogP contribution in [0.5, 0.6) is 0 Å². The van der Waals surface area contributed by atoms with Crippen molar-refractivity contribution in [3.63, 3.8) is 0 Å². The molecule has 3 rings (SSSR count). The van der Waals surface area contributed by atoms with Gasteiger partial charge in [0.25, 0.3) is 0 Å². The quantitative estimate of drug-likeness (QED) is 0.886. The average molecular weight is 244 g/mol. The van der Waals surface area contributed by atoms with Gasteiger partial charge in [0.05, 0.1) is 0 Å². The van der Waals surface area contributed by atoms with E-state index in [1.807, 2.05) is 6.20 Å². The first-order valence-electron chi connectivity index (χ1n) is 6.81. The second-order valence-electron chi connectivity index (χ2n) is 6.27. The molecule has 3 heteroatoms. The van der Waals surface area contributed by atoms with E-state index in [1.54, 1.807) is 0 Å². The van der Waals surface area contributed by atoms with Crippen LogP contribution in [-0.2, 0) is 24.2 Å². The first-order valence-corrected chi connectivity index (χ1v) is 6.81. The van der Waals surface area contributed by atoms with Crippen LogP contribution in [0, 0.1) is 11.3 Å². The van der Waals surface area contributed by atoms with E-state index in [4.69, 9.17) is 0 Å². The Morgan fingerprint density at radius 1 is 1.50 bits per heavy atom. The van der Waals surface area contributed by atoms with Crippen molar-refractivity contribution in [3.8, 4) is 0 Å². The van der Waals surface area contributed by atoms with E-state index in [1.165, 1.54) is 17.7 Å². The lowest BCUT2D eigenvalue weighted by atomic mass is 10.1. The molecule has 96 valence electrons. The van der Waals surface area contributed by atoms with Gasteiger partial charge in [-0.05, 0) is 42.2 Å². The number of pyridine rings is 1. The monoisotopic (exact) mass is 244 g/mol. The molecule has 1 aromatic rings. The molecule has 1 unspecified atom stereocenters. The number of carbonyl (C=O) groups excluding carboxylic acids is 1. The molecule has 0 aliphatic heterocycles. The maximum Gasteiger partial charge on any atom is 0.223 e. The number of amides is 1. The van der Waals surface area contributed by atoms with Crippen LogP contribution in [-0.4, -0.2) is 10.9 Å². The third-order valence-electron chi connectivity index (χ3n) is 4.27. The molecule has 2 aliphatic rings. The van der Waals surface area contributed by atoms with Gasteiger partial charge in [0.15, 0.2) is 0 Å². The highest BCUT2D eigenvalue weighted by Gasteiger charge is 2.50. The van der Waals surface area contributed by atoms with Crippen molar-refractivity contribution in [1.29, 1.82) is 0 Å². The minimum atomic E-state index is 0.195. The zero-order chi connectivity index (χ0) is 12.8. The van der Waals surface area contributed by atoms with Gasteiger partial charge < -0.3 is 5.32 Å². The molecule has 1 saturated carbocycles. The SMILES string of the molecule is CC1(C)CC1C(=O)NCc1cnc2c(c1)CCC2. The van der Waals surface area contributed by atoms with E-state index in [2.05, 4.69) is 30.2 Å². The van der Waals surface area contributed by atoms with E-state index in [-0.39, 0.29) is 17.2 Å². The molecule has 0 aromatic carbocycles. The van der Waals surface area contributed by atoms with Crippen LogP contribution in [0.3, 0.4) is 0 Å². The summed E-state index contributed by atoms with van der Waals surface area (Å²) >= 11 is 0. The largest absolute Gasteiger partial charge is 0.352 e. The van der Waals surface area contributed by atoms with E-state index in [0.717, 1.165) is 24.8 Å². The first-order chi connectivity index (χ1) is 8.56. The van der Waals surface area contributed by atoms with E-state index < -0.39 is 0 Å². The highest BCUT2D eigenvalue weighted by atomic mass is 16.2. The van der Waals surface area contributed by atoms with Crippen molar-refractivity contribution in [2.24, 2.45) is 11.3 Å². The number of nitrogens with one attached hydrogen (secondary N) is 1. The van der Waals surface area contributed by atoms with Gasteiger partial charge in [-0.15, -0.1) is 0 Å². The minimum absolute atomic E-state index is 0.195. The Hall–Kier alpha value is -1.38. The fourth-order valence-electron chi connectivity index (χ4n) is 2.80. The van der Waals surface area contributed by atoms with Gasteiger partial charge in [0.2, 0.25) is 5.91 Å². The van der Waals surface area contributed by atoms with Gasteiger partial charge in [0, 0.05) is 24.4 Å². The van der Waals surface area contributed by atoms with Gasteiger partial charge in [-0.2, -0.15) is 0 Å². The molecular formula is C15H20N2O. The summed E-state index contributed by atoms with van der Waals surface area (Å²) < 4.78 is 0. The molecule has 1 aromatic heterocycles. The summed E-state index contributed by atoms with van der Waals surface area (Å²) in [5.41, 5.74) is 3.95. The van der Waals surface area contributed by atoms with Crippen LogP contribution in [0.4, 0.5) is 0 Å². The highest BCUT2D eigenvalue weighted by molar-refractivity contribution is 5.82. The molecule has 1 fully saturated rings. The summed E-state index contributed by atoms with van der Waals surface area (Å²) in [5, 5.41) is 3.03. The smallest absolute Gasteiger partial charge is 0.223 e. The summed E-state index contributed by atoms with van der Waals surface area (Å²) in [7, 11) is 0. The summed E-state index contributed by atoms with van der Waals surface area (Å²) in [5.74, 6) is 0.403. The third-order valence-corrected chi connectivity index (χ3v) is 4.27. The normalized spacial score (nSPS) is 23.6. The van der Waals surface area contributed by atoms with Crippen molar-refractivity contribution < 1.29 is 4.79 Å². The van der Waals surface area contributed by atoms with Gasteiger partial charge in [0.1, 0.15) is 0 Å². The molecule has 2 aliphatic carbocycles. The lowest BCUT2D eigenvalue weighted by Crippen LogP contribution is -2.26. The molecule has 1 heterocycles. The van der Waals surface area contributed by atoms with Crippen LogP contribution in [0.25, 0.3) is 0 Å². The van der Waals surface area contributed by atoms with Crippen LogP contribution >= 0.6 is 0 Å². The van der Waals surface area contributed by atoms with E-state index >= 15 is 0 Å². The van der Waals surface area contributed by atoms with Crippen molar-refractivity contribution in [2.75, 3.05) is 0 Å². The van der Waals surface area contributed by atoms with E-state index in [0.29, 0.717) is 6.54 Å². The van der Waals surface area contributed by atoms with Gasteiger partial charge in [-0.3, -0.25) is 9.78 Å². The fraction of sp³-hybridized carbons (Fsp3) is 0.600.